The van der Waals surface area contributed by atoms with Crippen LogP contribution in [-0.4, -0.2) is 36.0 Å². The first kappa shape index (κ1) is 15.4. The lowest BCUT2D eigenvalue weighted by molar-refractivity contribution is -0.149. The summed E-state index contributed by atoms with van der Waals surface area (Å²) < 4.78 is 0. The summed E-state index contributed by atoms with van der Waals surface area (Å²) >= 11 is 0. The van der Waals surface area contributed by atoms with Gasteiger partial charge in [-0.1, -0.05) is 6.92 Å². The molecule has 0 aromatic heterocycles. The number of nitrogens with one attached hydrogen (secondary N) is 2. The van der Waals surface area contributed by atoms with E-state index in [1.165, 1.54) is 13.8 Å². The second kappa shape index (κ2) is 6.88. The average molecular weight is 244 g/mol. The van der Waals surface area contributed by atoms with Crippen molar-refractivity contribution in [2.45, 2.75) is 33.6 Å². The average Bonchev–Trinajstić information content (AvgIpc) is 2.22. The highest BCUT2D eigenvalue weighted by Gasteiger charge is 2.30. The van der Waals surface area contributed by atoms with Gasteiger partial charge in [-0.25, -0.2) is 0 Å². The van der Waals surface area contributed by atoms with E-state index in [1.54, 1.807) is 0 Å². The summed E-state index contributed by atoms with van der Waals surface area (Å²) in [5.74, 6) is -1.75. The summed E-state index contributed by atoms with van der Waals surface area (Å²) in [7, 11) is 0. The zero-order chi connectivity index (χ0) is 13.5. The smallest absolute Gasteiger partial charge is 0.309 e. The molecule has 0 spiro atoms. The number of carbonyl (C=O) groups is 3. The van der Waals surface area contributed by atoms with Crippen LogP contribution >= 0.6 is 0 Å². The highest BCUT2D eigenvalue weighted by atomic mass is 16.4. The van der Waals surface area contributed by atoms with E-state index in [0.717, 1.165) is 6.42 Å². The number of carboxylic acid groups (broad SMARTS) is 1. The maximum absolute atomic E-state index is 11.4. The predicted molar refractivity (Wildman–Crippen MR) is 62.3 cm³/mol. The van der Waals surface area contributed by atoms with Crippen molar-refractivity contribution >= 4 is 17.8 Å². The molecule has 0 saturated heterocycles. The second-order valence-corrected chi connectivity index (χ2v) is 4.49. The van der Waals surface area contributed by atoms with Crippen LogP contribution in [-0.2, 0) is 14.4 Å². The lowest BCUT2D eigenvalue weighted by Crippen LogP contribution is -2.39. The van der Waals surface area contributed by atoms with Gasteiger partial charge in [0.15, 0.2) is 0 Å². The Labute approximate surface area is 101 Å². The Kier molecular flexibility index (Phi) is 6.23. The van der Waals surface area contributed by atoms with Crippen LogP contribution < -0.4 is 10.6 Å². The van der Waals surface area contributed by atoms with Crippen LogP contribution in [0.3, 0.4) is 0 Å². The molecule has 0 aliphatic carbocycles. The van der Waals surface area contributed by atoms with E-state index < -0.39 is 17.3 Å². The molecule has 0 saturated carbocycles. The van der Waals surface area contributed by atoms with Crippen LogP contribution in [0.4, 0.5) is 0 Å². The molecule has 0 unspecified atom stereocenters. The van der Waals surface area contributed by atoms with Gasteiger partial charge >= 0.3 is 5.97 Å². The van der Waals surface area contributed by atoms with Gasteiger partial charge in [-0.3, -0.25) is 14.4 Å². The van der Waals surface area contributed by atoms with Gasteiger partial charge in [-0.05, 0) is 20.3 Å². The Morgan fingerprint density at radius 3 is 2.18 bits per heavy atom. The maximum atomic E-state index is 11.4. The Hall–Kier alpha value is -1.59. The fourth-order valence-electron chi connectivity index (χ4n) is 1.05. The van der Waals surface area contributed by atoms with Crippen molar-refractivity contribution in [1.82, 2.24) is 10.6 Å². The van der Waals surface area contributed by atoms with Gasteiger partial charge in [0.2, 0.25) is 11.8 Å². The zero-order valence-electron chi connectivity index (χ0n) is 10.5. The summed E-state index contributed by atoms with van der Waals surface area (Å²) in [5.41, 5.74) is -1.12. The lowest BCUT2D eigenvalue weighted by atomic mass is 9.89. The van der Waals surface area contributed by atoms with Gasteiger partial charge < -0.3 is 15.7 Å². The number of rotatable bonds is 7. The number of carboxylic acids is 1. The Morgan fingerprint density at radius 2 is 1.71 bits per heavy atom. The molecule has 0 fully saturated rings. The minimum Gasteiger partial charge on any atom is -0.481 e. The quantitative estimate of drug-likeness (QED) is 0.593. The van der Waals surface area contributed by atoms with Crippen molar-refractivity contribution in [3.8, 4) is 0 Å². The topological polar surface area (TPSA) is 95.5 Å². The van der Waals surface area contributed by atoms with E-state index in [1.807, 2.05) is 6.92 Å². The summed E-state index contributed by atoms with van der Waals surface area (Å²) in [5, 5.41) is 13.8. The molecular weight excluding hydrogens is 224 g/mol. The molecule has 0 rings (SSSR count). The lowest BCUT2D eigenvalue weighted by Gasteiger charge is -2.18. The first-order chi connectivity index (χ1) is 7.79. The van der Waals surface area contributed by atoms with Crippen LogP contribution in [0.2, 0.25) is 0 Å². The summed E-state index contributed by atoms with van der Waals surface area (Å²) in [6, 6.07) is 0. The van der Waals surface area contributed by atoms with Gasteiger partial charge in [-0.15, -0.1) is 0 Å². The number of aliphatic carboxylic acids is 1. The minimum atomic E-state index is -1.12. The largest absolute Gasteiger partial charge is 0.481 e. The van der Waals surface area contributed by atoms with Crippen molar-refractivity contribution in [2.75, 3.05) is 13.1 Å². The Bertz CT molecular complexity index is 300. The molecule has 0 aliphatic rings. The van der Waals surface area contributed by atoms with Crippen molar-refractivity contribution in [2.24, 2.45) is 5.41 Å². The third-order valence-corrected chi connectivity index (χ3v) is 2.20. The Balaban J connectivity index is 3.96. The highest BCUT2D eigenvalue weighted by Crippen LogP contribution is 2.19. The standard InChI is InChI=1S/C11H20N2O4/c1-4-5-12-9(15)7-13-8(14)6-11(2,3)10(16)17/h4-7H2,1-3H3,(H,12,15)(H,13,14)(H,16,17). The number of hydrogen-bond acceptors (Lipinski definition) is 3. The third-order valence-electron chi connectivity index (χ3n) is 2.20. The van der Waals surface area contributed by atoms with Crippen molar-refractivity contribution < 1.29 is 19.5 Å². The zero-order valence-corrected chi connectivity index (χ0v) is 10.5. The summed E-state index contributed by atoms with van der Waals surface area (Å²) in [4.78, 5) is 33.3. The first-order valence-electron chi connectivity index (χ1n) is 5.56. The van der Waals surface area contributed by atoms with E-state index in [4.69, 9.17) is 5.11 Å². The fraction of sp³-hybridized carbons (Fsp3) is 0.727. The van der Waals surface area contributed by atoms with Crippen molar-refractivity contribution in [3.05, 3.63) is 0 Å². The molecule has 3 N–H and O–H groups in total. The molecule has 0 atom stereocenters. The van der Waals surface area contributed by atoms with Crippen LogP contribution in [0.1, 0.15) is 33.6 Å². The number of carbonyl (C=O) groups excluding carboxylic acids is 2. The number of hydrogen-bond donors (Lipinski definition) is 3. The molecule has 2 amide bonds. The molecular formula is C11H20N2O4. The first-order valence-corrected chi connectivity index (χ1v) is 5.56. The van der Waals surface area contributed by atoms with Crippen molar-refractivity contribution in [1.29, 1.82) is 0 Å². The molecule has 0 bridgehead atoms. The normalized spacial score (nSPS) is 10.8. The van der Waals surface area contributed by atoms with Gasteiger partial charge in [0.05, 0.1) is 12.0 Å². The molecule has 6 heteroatoms. The monoisotopic (exact) mass is 244 g/mol. The molecule has 17 heavy (non-hydrogen) atoms. The van der Waals surface area contributed by atoms with Gasteiger partial charge in [0.25, 0.3) is 0 Å². The van der Waals surface area contributed by atoms with E-state index in [0.29, 0.717) is 6.54 Å². The van der Waals surface area contributed by atoms with E-state index >= 15 is 0 Å². The van der Waals surface area contributed by atoms with E-state index in [2.05, 4.69) is 10.6 Å². The molecule has 0 radical (unpaired) electrons. The molecule has 6 nitrogen and oxygen atoms in total. The van der Waals surface area contributed by atoms with E-state index in [-0.39, 0.29) is 18.9 Å². The molecule has 0 heterocycles. The summed E-state index contributed by atoms with van der Waals surface area (Å²) in [6.07, 6.45) is 0.676. The van der Waals surface area contributed by atoms with Crippen molar-refractivity contribution in [3.63, 3.8) is 0 Å². The van der Waals surface area contributed by atoms with Crippen LogP contribution in [0.15, 0.2) is 0 Å². The van der Waals surface area contributed by atoms with Crippen LogP contribution in [0, 0.1) is 5.41 Å². The third kappa shape index (κ3) is 6.55. The number of amides is 2. The fourth-order valence-corrected chi connectivity index (χ4v) is 1.05. The highest BCUT2D eigenvalue weighted by molar-refractivity contribution is 5.87. The van der Waals surface area contributed by atoms with Crippen LogP contribution in [0.25, 0.3) is 0 Å². The predicted octanol–water partition coefficient (Wildman–Crippen LogP) is 0.130. The van der Waals surface area contributed by atoms with Gasteiger partial charge in [-0.2, -0.15) is 0 Å². The van der Waals surface area contributed by atoms with Gasteiger partial charge in [0, 0.05) is 13.0 Å². The maximum Gasteiger partial charge on any atom is 0.309 e. The van der Waals surface area contributed by atoms with Crippen LogP contribution in [0.5, 0.6) is 0 Å². The minimum absolute atomic E-state index is 0.117. The second-order valence-electron chi connectivity index (χ2n) is 4.49. The molecule has 0 aromatic carbocycles. The SMILES string of the molecule is CCCNC(=O)CNC(=O)CC(C)(C)C(=O)O. The molecule has 0 aromatic rings. The molecule has 98 valence electrons. The Morgan fingerprint density at radius 1 is 1.12 bits per heavy atom. The van der Waals surface area contributed by atoms with E-state index in [9.17, 15) is 14.4 Å². The van der Waals surface area contributed by atoms with Gasteiger partial charge in [0.1, 0.15) is 0 Å². The summed E-state index contributed by atoms with van der Waals surface area (Å²) in [6.45, 7) is 5.30. The molecule has 0 aliphatic heterocycles.